The predicted octanol–water partition coefficient (Wildman–Crippen LogP) is 2.44. The molecule has 10 heteroatoms. The minimum absolute atomic E-state index is 0.0281. The zero-order valence-electron chi connectivity index (χ0n) is 13.2. The van der Waals surface area contributed by atoms with E-state index >= 15 is 0 Å². The van der Waals surface area contributed by atoms with E-state index in [1.54, 1.807) is 4.90 Å². The number of benzene rings is 1. The van der Waals surface area contributed by atoms with Crippen LogP contribution in [0.3, 0.4) is 0 Å². The van der Waals surface area contributed by atoms with Crippen LogP contribution in [-0.4, -0.2) is 51.6 Å². The molecule has 0 bridgehead atoms. The quantitative estimate of drug-likeness (QED) is 0.473. The first kappa shape index (κ1) is 15.9. The van der Waals surface area contributed by atoms with E-state index in [1.165, 1.54) is 0 Å². The molecule has 3 aliphatic heterocycles. The Kier molecular flexibility index (Phi) is 3.66. The number of rotatable bonds is 4. The molecular formula is C15H15F2N5O3. The third-order valence-corrected chi connectivity index (χ3v) is 4.72. The molecule has 0 radical (unpaired) electrons. The fourth-order valence-electron chi connectivity index (χ4n) is 3.46. The molecule has 1 amide bonds. The molecule has 0 N–H and O–H groups in total. The molecule has 3 heterocycles. The van der Waals surface area contributed by atoms with Crippen LogP contribution in [0.1, 0.15) is 0 Å². The minimum Gasteiger partial charge on any atom is -0.444 e. The van der Waals surface area contributed by atoms with Gasteiger partial charge in [-0.2, -0.15) is 0 Å². The SMILES string of the molecule is [N-]=[N+]=NC[C@H]1CN(c2cc(F)c(N3CC4(COC4)C3)c(F)c2)C(=O)O1. The van der Waals surface area contributed by atoms with Crippen molar-refractivity contribution in [3.63, 3.8) is 0 Å². The zero-order valence-corrected chi connectivity index (χ0v) is 13.2. The number of carbonyl (C=O) groups is 1. The second-order valence-corrected chi connectivity index (χ2v) is 6.64. The number of ether oxygens (including phenoxy) is 2. The van der Waals surface area contributed by atoms with Gasteiger partial charge in [-0.05, 0) is 5.53 Å². The van der Waals surface area contributed by atoms with Crippen molar-refractivity contribution in [2.45, 2.75) is 6.10 Å². The molecule has 132 valence electrons. The van der Waals surface area contributed by atoms with Gasteiger partial charge in [0.2, 0.25) is 0 Å². The smallest absolute Gasteiger partial charge is 0.414 e. The number of azide groups is 1. The molecule has 1 aromatic rings. The van der Waals surface area contributed by atoms with Crippen molar-refractivity contribution in [3.8, 4) is 0 Å². The molecule has 0 aliphatic carbocycles. The number of anilines is 2. The molecule has 8 nitrogen and oxygen atoms in total. The van der Waals surface area contributed by atoms with Crippen molar-refractivity contribution in [2.75, 3.05) is 49.2 Å². The number of nitrogens with zero attached hydrogens (tertiary/aromatic N) is 5. The van der Waals surface area contributed by atoms with Gasteiger partial charge >= 0.3 is 6.09 Å². The lowest BCUT2D eigenvalue weighted by molar-refractivity contribution is -0.127. The number of amides is 1. The summed E-state index contributed by atoms with van der Waals surface area (Å²) in [7, 11) is 0. The number of cyclic esters (lactones) is 1. The first-order valence-electron chi connectivity index (χ1n) is 7.82. The summed E-state index contributed by atoms with van der Waals surface area (Å²) in [6, 6.07) is 2.25. The summed E-state index contributed by atoms with van der Waals surface area (Å²) in [4.78, 5) is 17.3. The van der Waals surface area contributed by atoms with Gasteiger partial charge in [0.25, 0.3) is 0 Å². The molecule has 0 saturated carbocycles. The molecule has 0 aromatic heterocycles. The fraction of sp³-hybridized carbons (Fsp3) is 0.533. The molecule has 0 unspecified atom stereocenters. The highest BCUT2D eigenvalue weighted by Gasteiger charge is 2.50. The Bertz CT molecular complexity index is 747. The topological polar surface area (TPSA) is 90.8 Å². The highest BCUT2D eigenvalue weighted by Crippen LogP contribution is 2.42. The van der Waals surface area contributed by atoms with Gasteiger partial charge in [-0.1, -0.05) is 5.11 Å². The second-order valence-electron chi connectivity index (χ2n) is 6.64. The largest absolute Gasteiger partial charge is 0.444 e. The van der Waals surface area contributed by atoms with Gasteiger partial charge in [0.1, 0.15) is 11.8 Å². The van der Waals surface area contributed by atoms with Crippen LogP contribution in [-0.2, 0) is 9.47 Å². The summed E-state index contributed by atoms with van der Waals surface area (Å²) in [5.41, 5.74) is 8.34. The van der Waals surface area contributed by atoms with Crippen LogP contribution in [0.4, 0.5) is 25.0 Å². The Morgan fingerprint density at radius 1 is 1.32 bits per heavy atom. The van der Waals surface area contributed by atoms with Gasteiger partial charge in [0.05, 0.1) is 37.4 Å². The molecule has 4 rings (SSSR count). The molecule has 3 fully saturated rings. The van der Waals surface area contributed by atoms with Crippen LogP contribution in [0.15, 0.2) is 17.2 Å². The van der Waals surface area contributed by atoms with E-state index in [2.05, 4.69) is 10.0 Å². The Hall–Kier alpha value is -2.58. The summed E-state index contributed by atoms with van der Waals surface area (Å²) in [6.07, 6.45) is -1.36. The maximum absolute atomic E-state index is 14.5. The molecular weight excluding hydrogens is 336 g/mol. The van der Waals surface area contributed by atoms with E-state index in [1.807, 2.05) is 0 Å². The second kappa shape index (κ2) is 5.75. The summed E-state index contributed by atoms with van der Waals surface area (Å²) in [5, 5.41) is 3.35. The van der Waals surface area contributed by atoms with Gasteiger partial charge in [-0.25, -0.2) is 13.6 Å². The third-order valence-electron chi connectivity index (χ3n) is 4.72. The van der Waals surface area contributed by atoms with E-state index in [0.717, 1.165) is 17.0 Å². The number of halogens is 2. The molecule has 1 atom stereocenters. The predicted molar refractivity (Wildman–Crippen MR) is 83.5 cm³/mol. The maximum atomic E-state index is 14.5. The van der Waals surface area contributed by atoms with Crippen molar-refractivity contribution in [1.29, 1.82) is 0 Å². The van der Waals surface area contributed by atoms with E-state index in [0.29, 0.717) is 26.3 Å². The van der Waals surface area contributed by atoms with Gasteiger partial charge in [-0.15, -0.1) is 0 Å². The number of hydrogen-bond acceptors (Lipinski definition) is 5. The lowest BCUT2D eigenvalue weighted by atomic mass is 9.77. The van der Waals surface area contributed by atoms with Gasteiger partial charge in [0, 0.05) is 30.1 Å². The lowest BCUT2D eigenvalue weighted by Gasteiger charge is -2.56. The summed E-state index contributed by atoms with van der Waals surface area (Å²) in [6.45, 7) is 2.40. The lowest BCUT2D eigenvalue weighted by Crippen LogP contribution is -2.66. The minimum atomic E-state index is -0.726. The first-order chi connectivity index (χ1) is 12.0. The first-order valence-corrected chi connectivity index (χ1v) is 7.82. The van der Waals surface area contributed by atoms with E-state index in [4.69, 9.17) is 15.0 Å². The Balaban J connectivity index is 1.52. The highest BCUT2D eigenvalue weighted by molar-refractivity contribution is 5.90. The molecule has 3 saturated heterocycles. The molecule has 1 spiro atoms. The maximum Gasteiger partial charge on any atom is 0.414 e. The number of hydrogen-bond donors (Lipinski definition) is 0. The number of carbonyl (C=O) groups excluding carboxylic acids is 1. The van der Waals surface area contributed by atoms with Crippen molar-refractivity contribution in [3.05, 3.63) is 34.2 Å². The molecule has 25 heavy (non-hydrogen) atoms. The summed E-state index contributed by atoms with van der Waals surface area (Å²) < 4.78 is 39.1. The van der Waals surface area contributed by atoms with Crippen LogP contribution < -0.4 is 9.80 Å². The van der Waals surface area contributed by atoms with E-state index in [9.17, 15) is 13.6 Å². The average Bonchev–Trinajstić information content (AvgIpc) is 2.85. The molecule has 1 aromatic carbocycles. The third kappa shape index (κ3) is 2.63. The van der Waals surface area contributed by atoms with Crippen LogP contribution >= 0.6 is 0 Å². The van der Waals surface area contributed by atoms with Crippen molar-refractivity contribution in [2.24, 2.45) is 10.5 Å². The van der Waals surface area contributed by atoms with Crippen molar-refractivity contribution in [1.82, 2.24) is 0 Å². The van der Waals surface area contributed by atoms with Crippen molar-refractivity contribution >= 4 is 17.5 Å². The van der Waals surface area contributed by atoms with E-state index in [-0.39, 0.29) is 29.9 Å². The summed E-state index contributed by atoms with van der Waals surface area (Å²) in [5.74, 6) is -1.45. The fourth-order valence-corrected chi connectivity index (χ4v) is 3.46. The van der Waals surface area contributed by atoms with Crippen molar-refractivity contribution < 1.29 is 23.0 Å². The van der Waals surface area contributed by atoms with Gasteiger partial charge in [-0.3, -0.25) is 4.90 Å². The average molecular weight is 351 g/mol. The monoisotopic (exact) mass is 351 g/mol. The van der Waals surface area contributed by atoms with Crippen LogP contribution in [0.25, 0.3) is 10.4 Å². The standard InChI is InChI=1S/C15H15F2N5O3/c16-11-1-9(22-4-10(3-19-20-18)25-14(22)23)2-12(17)13(11)21-5-15(6-21)7-24-8-15/h1-2,10H,3-8H2/t10-/m0/s1. The van der Waals surface area contributed by atoms with Crippen LogP contribution in [0.2, 0.25) is 0 Å². The Labute approximate surface area is 141 Å². The highest BCUT2D eigenvalue weighted by atomic mass is 19.1. The van der Waals surface area contributed by atoms with Gasteiger partial charge < -0.3 is 14.4 Å². The zero-order chi connectivity index (χ0) is 17.6. The van der Waals surface area contributed by atoms with E-state index < -0.39 is 23.8 Å². The van der Waals surface area contributed by atoms with Gasteiger partial charge in [0.15, 0.2) is 11.6 Å². The Morgan fingerprint density at radius 2 is 2.00 bits per heavy atom. The summed E-state index contributed by atoms with van der Waals surface area (Å²) >= 11 is 0. The van der Waals surface area contributed by atoms with Crippen LogP contribution in [0.5, 0.6) is 0 Å². The Morgan fingerprint density at radius 3 is 2.56 bits per heavy atom. The molecule has 3 aliphatic rings. The van der Waals surface area contributed by atoms with Crippen LogP contribution in [0, 0.1) is 17.0 Å². The normalized spacial score (nSPS) is 23.8.